The van der Waals surface area contributed by atoms with E-state index in [1.54, 1.807) is 0 Å². The highest BCUT2D eigenvalue weighted by atomic mass is 16.2. The molecule has 2 rings (SSSR count). The molecular weight excluding hydrogens is 252 g/mol. The number of piperazine rings is 1. The molecule has 2 fully saturated rings. The molecule has 0 aliphatic carbocycles. The molecule has 0 saturated carbocycles. The van der Waals surface area contributed by atoms with Crippen molar-refractivity contribution in [3.05, 3.63) is 0 Å². The van der Waals surface area contributed by atoms with Crippen LogP contribution in [0.3, 0.4) is 0 Å². The van der Waals surface area contributed by atoms with Crippen molar-refractivity contribution in [3.63, 3.8) is 0 Å². The van der Waals surface area contributed by atoms with Gasteiger partial charge in [-0.05, 0) is 32.9 Å². The van der Waals surface area contributed by atoms with Crippen molar-refractivity contribution in [1.29, 1.82) is 0 Å². The third kappa shape index (κ3) is 4.35. The summed E-state index contributed by atoms with van der Waals surface area (Å²) in [6.07, 6.45) is 2.32. The number of urea groups is 1. The molecular formula is C15H30N4O. The maximum atomic E-state index is 12.5. The van der Waals surface area contributed by atoms with Crippen molar-refractivity contribution in [2.45, 2.75) is 19.8 Å². The van der Waals surface area contributed by atoms with Crippen LogP contribution in [0.4, 0.5) is 4.79 Å². The average Bonchev–Trinajstić information content (AvgIpc) is 2.46. The highest BCUT2D eigenvalue weighted by molar-refractivity contribution is 5.74. The van der Waals surface area contributed by atoms with Gasteiger partial charge in [-0.2, -0.15) is 0 Å². The van der Waals surface area contributed by atoms with E-state index in [2.05, 4.69) is 35.7 Å². The standard InChI is InChI=1S/C15H30N4O/c1-14-4-6-18(7-5-14)15(20)19-12-10-17(11-13-19)9-8-16(2)3/h14H,4-13H2,1-3H3. The maximum Gasteiger partial charge on any atom is 0.320 e. The van der Waals surface area contributed by atoms with Crippen molar-refractivity contribution in [2.24, 2.45) is 5.92 Å². The SMILES string of the molecule is CC1CCN(C(=O)N2CCN(CCN(C)C)CC2)CC1. The quantitative estimate of drug-likeness (QED) is 0.774. The van der Waals surface area contributed by atoms with Crippen LogP contribution in [0.15, 0.2) is 0 Å². The van der Waals surface area contributed by atoms with E-state index in [1.807, 2.05) is 4.90 Å². The number of nitrogens with zero attached hydrogens (tertiary/aromatic N) is 4. The van der Waals surface area contributed by atoms with Crippen LogP contribution < -0.4 is 0 Å². The highest BCUT2D eigenvalue weighted by Gasteiger charge is 2.27. The average molecular weight is 282 g/mol. The third-order valence-corrected chi connectivity index (χ3v) is 4.56. The predicted molar refractivity (Wildman–Crippen MR) is 81.9 cm³/mol. The summed E-state index contributed by atoms with van der Waals surface area (Å²) in [5, 5.41) is 0. The minimum atomic E-state index is 0.268. The van der Waals surface area contributed by atoms with E-state index in [4.69, 9.17) is 0 Å². The number of rotatable bonds is 3. The lowest BCUT2D eigenvalue weighted by Crippen LogP contribution is -2.54. The van der Waals surface area contributed by atoms with Gasteiger partial charge in [0.25, 0.3) is 0 Å². The first kappa shape index (κ1) is 15.6. The van der Waals surface area contributed by atoms with E-state index in [-0.39, 0.29) is 6.03 Å². The Balaban J connectivity index is 1.71. The molecule has 5 heteroatoms. The van der Waals surface area contributed by atoms with Gasteiger partial charge in [0.1, 0.15) is 0 Å². The third-order valence-electron chi connectivity index (χ3n) is 4.56. The number of hydrogen-bond acceptors (Lipinski definition) is 3. The molecule has 2 amide bonds. The molecule has 0 aromatic heterocycles. The van der Waals surface area contributed by atoms with Crippen molar-refractivity contribution >= 4 is 6.03 Å². The summed E-state index contributed by atoms with van der Waals surface area (Å²) >= 11 is 0. The van der Waals surface area contributed by atoms with Gasteiger partial charge in [0, 0.05) is 52.4 Å². The van der Waals surface area contributed by atoms with Crippen LogP contribution in [-0.2, 0) is 0 Å². The molecule has 0 spiro atoms. The normalized spacial score (nSPS) is 22.6. The van der Waals surface area contributed by atoms with Gasteiger partial charge >= 0.3 is 6.03 Å². The summed E-state index contributed by atoms with van der Waals surface area (Å²) < 4.78 is 0. The molecule has 2 aliphatic heterocycles. The van der Waals surface area contributed by atoms with E-state index < -0.39 is 0 Å². The molecule has 2 saturated heterocycles. The molecule has 20 heavy (non-hydrogen) atoms. The van der Waals surface area contributed by atoms with Crippen molar-refractivity contribution in [3.8, 4) is 0 Å². The number of likely N-dealkylation sites (tertiary alicyclic amines) is 1. The molecule has 0 radical (unpaired) electrons. The number of hydrogen-bond donors (Lipinski definition) is 0. The fourth-order valence-corrected chi connectivity index (χ4v) is 2.90. The largest absolute Gasteiger partial charge is 0.325 e. The summed E-state index contributed by atoms with van der Waals surface area (Å²) in [4.78, 5) is 21.2. The highest BCUT2D eigenvalue weighted by Crippen LogP contribution is 2.17. The summed E-state index contributed by atoms with van der Waals surface area (Å²) in [6, 6.07) is 0.268. The molecule has 0 N–H and O–H groups in total. The Morgan fingerprint density at radius 3 is 2.10 bits per heavy atom. The Kier molecular flexibility index (Phi) is 5.66. The lowest BCUT2D eigenvalue weighted by Gasteiger charge is -2.39. The van der Waals surface area contributed by atoms with Crippen molar-refractivity contribution in [1.82, 2.24) is 19.6 Å². The minimum absolute atomic E-state index is 0.268. The van der Waals surface area contributed by atoms with E-state index >= 15 is 0 Å². The number of carbonyl (C=O) groups excluding carboxylic acids is 1. The van der Waals surface area contributed by atoms with E-state index in [9.17, 15) is 4.79 Å². The first-order valence-corrected chi connectivity index (χ1v) is 7.97. The molecule has 2 heterocycles. The fourth-order valence-electron chi connectivity index (χ4n) is 2.90. The van der Waals surface area contributed by atoms with Crippen LogP contribution in [0.1, 0.15) is 19.8 Å². The molecule has 0 aromatic rings. The van der Waals surface area contributed by atoms with Crippen LogP contribution in [0.25, 0.3) is 0 Å². The van der Waals surface area contributed by atoms with Gasteiger partial charge in [-0.1, -0.05) is 6.92 Å². The number of likely N-dealkylation sites (N-methyl/N-ethyl adjacent to an activating group) is 1. The Bertz CT molecular complexity index is 305. The zero-order valence-electron chi connectivity index (χ0n) is 13.3. The van der Waals surface area contributed by atoms with Crippen LogP contribution in [0.5, 0.6) is 0 Å². The molecule has 0 atom stereocenters. The van der Waals surface area contributed by atoms with Gasteiger partial charge in [0.05, 0.1) is 0 Å². The van der Waals surface area contributed by atoms with E-state index in [0.717, 1.165) is 71.1 Å². The van der Waals surface area contributed by atoms with Gasteiger partial charge in [0.15, 0.2) is 0 Å². The number of piperidine rings is 1. The number of carbonyl (C=O) groups is 1. The number of amides is 2. The van der Waals surface area contributed by atoms with Crippen LogP contribution >= 0.6 is 0 Å². The Labute approximate surface area is 123 Å². The molecule has 0 aromatic carbocycles. The Hall–Kier alpha value is -0.810. The second-order valence-corrected chi connectivity index (χ2v) is 6.58. The smallest absolute Gasteiger partial charge is 0.320 e. The molecule has 0 unspecified atom stereocenters. The van der Waals surface area contributed by atoms with Gasteiger partial charge in [0.2, 0.25) is 0 Å². The van der Waals surface area contributed by atoms with Gasteiger partial charge < -0.3 is 14.7 Å². The first-order valence-electron chi connectivity index (χ1n) is 7.97. The van der Waals surface area contributed by atoms with Crippen LogP contribution in [0.2, 0.25) is 0 Å². The van der Waals surface area contributed by atoms with Gasteiger partial charge in [-0.3, -0.25) is 4.90 Å². The Morgan fingerprint density at radius 1 is 1.00 bits per heavy atom. The Morgan fingerprint density at radius 2 is 1.55 bits per heavy atom. The second-order valence-electron chi connectivity index (χ2n) is 6.58. The molecule has 2 aliphatic rings. The lowest BCUT2D eigenvalue weighted by molar-refractivity contribution is 0.0997. The summed E-state index contributed by atoms with van der Waals surface area (Å²) in [6.45, 7) is 10.2. The monoisotopic (exact) mass is 282 g/mol. The fraction of sp³-hybridized carbons (Fsp3) is 0.933. The zero-order chi connectivity index (χ0) is 14.5. The van der Waals surface area contributed by atoms with E-state index in [0.29, 0.717) is 0 Å². The summed E-state index contributed by atoms with van der Waals surface area (Å²) in [5.74, 6) is 0.780. The maximum absolute atomic E-state index is 12.5. The van der Waals surface area contributed by atoms with Crippen LogP contribution in [-0.4, -0.2) is 92.1 Å². The summed E-state index contributed by atoms with van der Waals surface area (Å²) in [7, 11) is 4.22. The van der Waals surface area contributed by atoms with Gasteiger partial charge in [-0.25, -0.2) is 4.79 Å². The topological polar surface area (TPSA) is 30.0 Å². The predicted octanol–water partition coefficient (Wildman–Crippen LogP) is 1.02. The molecule has 5 nitrogen and oxygen atoms in total. The zero-order valence-corrected chi connectivity index (χ0v) is 13.3. The molecule has 116 valence electrons. The van der Waals surface area contributed by atoms with Gasteiger partial charge in [-0.15, -0.1) is 0 Å². The summed E-state index contributed by atoms with van der Waals surface area (Å²) in [5.41, 5.74) is 0. The molecule has 0 bridgehead atoms. The van der Waals surface area contributed by atoms with Crippen molar-refractivity contribution < 1.29 is 4.79 Å². The first-order chi connectivity index (χ1) is 9.56. The van der Waals surface area contributed by atoms with Crippen molar-refractivity contribution in [2.75, 3.05) is 66.5 Å². The second kappa shape index (κ2) is 7.27. The van der Waals surface area contributed by atoms with Crippen LogP contribution in [0, 0.1) is 5.92 Å². The minimum Gasteiger partial charge on any atom is -0.325 e. The van der Waals surface area contributed by atoms with E-state index in [1.165, 1.54) is 0 Å². The lowest BCUT2D eigenvalue weighted by atomic mass is 9.99.